The Morgan fingerprint density at radius 3 is 2.10 bits per heavy atom. The van der Waals surface area contributed by atoms with E-state index in [1.807, 2.05) is 0 Å². The lowest BCUT2D eigenvalue weighted by Gasteiger charge is -2.30. The summed E-state index contributed by atoms with van der Waals surface area (Å²) in [6.45, 7) is 11.9. The van der Waals surface area contributed by atoms with Gasteiger partial charge in [-0.05, 0) is 118 Å². The fourth-order valence-electron chi connectivity index (χ4n) is 8.01. The fourth-order valence-corrected chi connectivity index (χ4v) is 8.01. The van der Waals surface area contributed by atoms with Crippen molar-refractivity contribution in [1.29, 1.82) is 0 Å². The van der Waals surface area contributed by atoms with Gasteiger partial charge in [0, 0.05) is 27.6 Å². The third-order valence-corrected chi connectivity index (χ3v) is 10.2. The lowest BCUT2D eigenvalue weighted by molar-refractivity contribution is 0.645. The highest BCUT2D eigenvalue weighted by Gasteiger charge is 2.43. The van der Waals surface area contributed by atoms with Crippen LogP contribution in [0.2, 0.25) is 0 Å². The molecule has 5 aromatic rings. The summed E-state index contributed by atoms with van der Waals surface area (Å²) in [5.74, 6) is 0. The van der Waals surface area contributed by atoms with Crippen LogP contribution in [0, 0.1) is 6.92 Å². The standard InChI is InChI=1S/C41H37N/c1-26-14-13-17-28(22-26)42(27-15-7-6-8-16-27)38-25-37-39(31-20-10-9-19-30(31)38)33-24-35-32(23-36(33)41(37,4)5)29-18-11-12-21-34(29)40(35,2)3/h6-10,12-17,19-25H,11,18H2,1-5H3. The van der Waals surface area contributed by atoms with Gasteiger partial charge in [-0.25, -0.2) is 0 Å². The van der Waals surface area contributed by atoms with Crippen LogP contribution in [0.5, 0.6) is 0 Å². The number of hydrogen-bond acceptors (Lipinski definition) is 1. The van der Waals surface area contributed by atoms with Gasteiger partial charge in [-0.15, -0.1) is 0 Å². The Bertz CT molecular complexity index is 1980. The first-order chi connectivity index (χ1) is 20.3. The molecule has 0 bridgehead atoms. The van der Waals surface area contributed by atoms with Crippen LogP contribution in [0.4, 0.5) is 17.1 Å². The van der Waals surface area contributed by atoms with Gasteiger partial charge in [0.1, 0.15) is 0 Å². The molecule has 0 saturated heterocycles. The van der Waals surface area contributed by atoms with Crippen molar-refractivity contribution < 1.29 is 0 Å². The molecule has 1 heteroatoms. The maximum atomic E-state index is 2.57. The van der Waals surface area contributed by atoms with Crippen LogP contribution in [0.3, 0.4) is 0 Å². The van der Waals surface area contributed by atoms with E-state index >= 15 is 0 Å². The smallest absolute Gasteiger partial charge is 0.0543 e. The van der Waals surface area contributed by atoms with Crippen molar-refractivity contribution in [1.82, 2.24) is 0 Å². The molecule has 0 saturated carbocycles. The van der Waals surface area contributed by atoms with E-state index in [1.54, 1.807) is 5.57 Å². The molecule has 0 aromatic heterocycles. The Labute approximate surface area is 249 Å². The van der Waals surface area contributed by atoms with Crippen LogP contribution in [-0.2, 0) is 10.8 Å². The molecule has 0 amide bonds. The van der Waals surface area contributed by atoms with Crippen molar-refractivity contribution in [3.63, 3.8) is 0 Å². The number of rotatable bonds is 3. The first-order valence-electron chi connectivity index (χ1n) is 15.3. The molecule has 3 aliphatic rings. The summed E-state index contributed by atoms with van der Waals surface area (Å²) in [7, 11) is 0. The summed E-state index contributed by atoms with van der Waals surface area (Å²) >= 11 is 0. The minimum Gasteiger partial charge on any atom is -0.310 e. The highest BCUT2D eigenvalue weighted by atomic mass is 15.1. The van der Waals surface area contributed by atoms with Crippen molar-refractivity contribution in [2.45, 2.75) is 58.3 Å². The zero-order valence-corrected chi connectivity index (χ0v) is 25.3. The summed E-state index contributed by atoms with van der Waals surface area (Å²) in [6, 6.07) is 36.4. The normalized spacial score (nSPS) is 17.2. The minimum absolute atomic E-state index is 0.0224. The van der Waals surface area contributed by atoms with E-state index in [-0.39, 0.29) is 10.8 Å². The summed E-state index contributed by atoms with van der Waals surface area (Å²) in [5.41, 5.74) is 16.5. The molecule has 0 unspecified atom stereocenters. The third kappa shape index (κ3) is 3.43. The number of hydrogen-bond donors (Lipinski definition) is 0. The predicted octanol–water partition coefficient (Wildman–Crippen LogP) is 11.3. The van der Waals surface area contributed by atoms with Crippen molar-refractivity contribution in [2.24, 2.45) is 0 Å². The van der Waals surface area contributed by atoms with Crippen LogP contribution in [0.25, 0.3) is 27.5 Å². The summed E-state index contributed by atoms with van der Waals surface area (Å²) in [4.78, 5) is 2.45. The van der Waals surface area contributed by atoms with E-state index in [0.29, 0.717) is 0 Å². The van der Waals surface area contributed by atoms with Crippen molar-refractivity contribution in [3.8, 4) is 11.1 Å². The zero-order chi connectivity index (χ0) is 28.8. The molecule has 0 atom stereocenters. The molecule has 206 valence electrons. The van der Waals surface area contributed by atoms with Crippen LogP contribution in [0.1, 0.15) is 68.4 Å². The lowest BCUT2D eigenvalue weighted by atomic mass is 9.78. The highest BCUT2D eigenvalue weighted by molar-refractivity contribution is 6.10. The Hall–Kier alpha value is -4.36. The topological polar surface area (TPSA) is 3.24 Å². The number of nitrogens with zero attached hydrogens (tertiary/aromatic N) is 1. The van der Waals surface area contributed by atoms with Gasteiger partial charge in [-0.3, -0.25) is 0 Å². The molecular formula is C41H37N. The van der Waals surface area contributed by atoms with Gasteiger partial charge in [-0.2, -0.15) is 0 Å². The molecule has 0 fully saturated rings. The summed E-state index contributed by atoms with van der Waals surface area (Å²) in [5, 5.41) is 2.61. The largest absolute Gasteiger partial charge is 0.310 e. The van der Waals surface area contributed by atoms with Gasteiger partial charge in [-0.1, -0.05) is 94.4 Å². The monoisotopic (exact) mass is 543 g/mol. The number of fused-ring (bicyclic) bond motifs is 7. The second kappa shape index (κ2) is 8.82. The maximum absolute atomic E-state index is 2.57. The molecule has 0 aliphatic heterocycles. The van der Waals surface area contributed by atoms with E-state index in [4.69, 9.17) is 0 Å². The molecule has 0 N–H and O–H groups in total. The summed E-state index contributed by atoms with van der Waals surface area (Å²) < 4.78 is 0. The van der Waals surface area contributed by atoms with Gasteiger partial charge in [0.2, 0.25) is 0 Å². The number of para-hydroxylation sites is 1. The first kappa shape index (κ1) is 25.4. The fraction of sp³-hybridized carbons (Fsp3) is 0.220. The molecule has 3 aliphatic carbocycles. The Balaban J connectivity index is 1.42. The highest BCUT2D eigenvalue weighted by Crippen LogP contribution is 2.58. The number of allylic oxidation sites excluding steroid dienone is 4. The average Bonchev–Trinajstić information content (AvgIpc) is 3.36. The summed E-state index contributed by atoms with van der Waals surface area (Å²) in [6.07, 6.45) is 7.04. The van der Waals surface area contributed by atoms with E-state index < -0.39 is 0 Å². The Morgan fingerprint density at radius 1 is 0.619 bits per heavy atom. The van der Waals surface area contributed by atoms with E-state index in [2.05, 4.69) is 149 Å². The third-order valence-electron chi connectivity index (χ3n) is 10.2. The molecule has 42 heavy (non-hydrogen) atoms. The molecular weight excluding hydrogens is 506 g/mol. The SMILES string of the molecule is Cc1cccc(N(c2ccccc2)c2cc3c(c4ccccc24)-c2cc4c(cc2C3(C)C)C2=C(C=CCC2)C4(C)C)c1. The molecule has 0 heterocycles. The molecule has 5 aromatic carbocycles. The van der Waals surface area contributed by atoms with E-state index in [0.717, 1.165) is 12.8 Å². The molecule has 1 nitrogen and oxygen atoms in total. The number of aryl methyl sites for hydroxylation is 1. The van der Waals surface area contributed by atoms with Gasteiger partial charge >= 0.3 is 0 Å². The second-order valence-corrected chi connectivity index (χ2v) is 13.4. The van der Waals surface area contributed by atoms with Gasteiger partial charge in [0.25, 0.3) is 0 Å². The molecule has 0 radical (unpaired) electrons. The number of benzene rings is 5. The first-order valence-corrected chi connectivity index (χ1v) is 15.3. The van der Waals surface area contributed by atoms with Gasteiger partial charge < -0.3 is 4.90 Å². The van der Waals surface area contributed by atoms with Gasteiger partial charge in [0.15, 0.2) is 0 Å². The predicted molar refractivity (Wildman–Crippen MR) is 179 cm³/mol. The minimum atomic E-state index is -0.120. The zero-order valence-electron chi connectivity index (χ0n) is 25.3. The molecule has 8 rings (SSSR count). The van der Waals surface area contributed by atoms with Crippen molar-refractivity contribution in [2.75, 3.05) is 4.90 Å². The van der Waals surface area contributed by atoms with Crippen LogP contribution in [-0.4, -0.2) is 0 Å². The van der Waals surface area contributed by atoms with Gasteiger partial charge in [0.05, 0.1) is 5.69 Å². The van der Waals surface area contributed by atoms with E-state index in [1.165, 1.54) is 72.4 Å². The second-order valence-electron chi connectivity index (χ2n) is 13.4. The average molecular weight is 544 g/mol. The van der Waals surface area contributed by atoms with Crippen LogP contribution >= 0.6 is 0 Å². The lowest BCUT2D eigenvalue weighted by Crippen LogP contribution is -2.18. The van der Waals surface area contributed by atoms with Crippen LogP contribution < -0.4 is 4.90 Å². The Kier molecular flexibility index (Phi) is 5.33. The molecule has 0 spiro atoms. The van der Waals surface area contributed by atoms with Crippen LogP contribution in [0.15, 0.2) is 115 Å². The van der Waals surface area contributed by atoms with Crippen molar-refractivity contribution in [3.05, 3.63) is 143 Å². The van der Waals surface area contributed by atoms with Crippen molar-refractivity contribution >= 4 is 33.4 Å². The number of anilines is 3. The quantitative estimate of drug-likeness (QED) is 0.219. The van der Waals surface area contributed by atoms with E-state index in [9.17, 15) is 0 Å². The maximum Gasteiger partial charge on any atom is 0.0543 e. The Morgan fingerprint density at radius 2 is 1.31 bits per heavy atom.